The number of carbonyl (C=O) groups excluding carboxylic acids is 1. The summed E-state index contributed by atoms with van der Waals surface area (Å²) in [5.74, 6) is -0.355. The largest absolute Gasteiger partial charge is 0.505 e. The van der Waals surface area contributed by atoms with Crippen molar-refractivity contribution in [3.8, 4) is 11.4 Å². The van der Waals surface area contributed by atoms with Gasteiger partial charge in [-0.2, -0.15) is 0 Å². The van der Waals surface area contributed by atoms with E-state index in [1.165, 1.54) is 11.9 Å². The number of benzene rings is 2. The quantitative estimate of drug-likeness (QED) is 0.686. The number of methoxy groups -OCH3 is 1. The number of esters is 1. The molecule has 0 bridgehead atoms. The van der Waals surface area contributed by atoms with Crippen molar-refractivity contribution in [2.75, 3.05) is 13.7 Å². The van der Waals surface area contributed by atoms with Crippen LogP contribution in [-0.2, 0) is 16.6 Å². The van der Waals surface area contributed by atoms with Crippen LogP contribution in [0.3, 0.4) is 0 Å². The highest BCUT2D eigenvalue weighted by atomic mass is 16.5. The number of carbonyl (C=O) groups is 1. The Labute approximate surface area is 157 Å². The molecule has 2 aromatic carbocycles. The van der Waals surface area contributed by atoms with Crippen LogP contribution in [0.5, 0.6) is 5.75 Å². The summed E-state index contributed by atoms with van der Waals surface area (Å²) < 4.78 is 4.73. The number of hydrogen-bond acceptors (Lipinski definition) is 6. The molecule has 3 aromatic rings. The first-order valence-corrected chi connectivity index (χ1v) is 8.67. The van der Waals surface area contributed by atoms with Crippen LogP contribution in [0.2, 0.25) is 0 Å². The molecule has 2 N–H and O–H groups in total. The Hall–Kier alpha value is -2.93. The molecule has 0 spiro atoms. The first-order valence-electron chi connectivity index (χ1n) is 8.67. The molecule has 1 heterocycles. The van der Waals surface area contributed by atoms with Gasteiger partial charge in [0, 0.05) is 12.2 Å². The number of aliphatic hydroxyl groups is 1. The van der Waals surface area contributed by atoms with Crippen LogP contribution in [0.15, 0.2) is 30.3 Å². The fraction of sp³-hybridized carbons (Fsp3) is 0.350. The Kier molecular flexibility index (Phi) is 4.89. The van der Waals surface area contributed by atoms with Gasteiger partial charge in [-0.25, -0.2) is 4.79 Å². The van der Waals surface area contributed by atoms with E-state index < -0.39 is 5.97 Å². The van der Waals surface area contributed by atoms with E-state index in [2.05, 4.69) is 10.2 Å². The zero-order valence-electron chi connectivity index (χ0n) is 15.9. The lowest BCUT2D eigenvalue weighted by Crippen LogP contribution is -2.14. The molecule has 0 saturated heterocycles. The van der Waals surface area contributed by atoms with E-state index in [1.54, 1.807) is 24.3 Å². The minimum atomic E-state index is -0.450. The zero-order valence-corrected chi connectivity index (χ0v) is 15.9. The van der Waals surface area contributed by atoms with Crippen LogP contribution in [0.25, 0.3) is 16.7 Å². The summed E-state index contributed by atoms with van der Waals surface area (Å²) in [7, 11) is 1.32. The number of aliphatic hydroxyl groups excluding tert-OH is 1. The third-order valence-electron chi connectivity index (χ3n) is 4.37. The number of phenols is 1. The van der Waals surface area contributed by atoms with Gasteiger partial charge in [0.25, 0.3) is 0 Å². The maximum atomic E-state index is 11.7. The minimum absolute atomic E-state index is 0.00476. The smallest absolute Gasteiger partial charge is 0.337 e. The van der Waals surface area contributed by atoms with E-state index in [0.29, 0.717) is 28.7 Å². The number of hydrogen-bond donors (Lipinski definition) is 2. The van der Waals surface area contributed by atoms with E-state index in [0.717, 1.165) is 11.1 Å². The SMILES string of the molecule is COC(=O)c1ccc2nn(-c3cc(CCO)cc(C(C)(C)C)c3O)nc2c1. The Morgan fingerprint density at radius 2 is 1.85 bits per heavy atom. The topological polar surface area (TPSA) is 97.5 Å². The molecule has 0 unspecified atom stereocenters. The van der Waals surface area contributed by atoms with E-state index in [9.17, 15) is 15.0 Å². The molecule has 0 aliphatic carbocycles. The normalized spacial score (nSPS) is 11.7. The first kappa shape index (κ1) is 18.8. The van der Waals surface area contributed by atoms with Gasteiger partial charge < -0.3 is 14.9 Å². The van der Waals surface area contributed by atoms with Gasteiger partial charge in [-0.15, -0.1) is 15.0 Å². The molecule has 0 aliphatic heterocycles. The Bertz CT molecular complexity index is 1000. The molecule has 0 aliphatic rings. The van der Waals surface area contributed by atoms with Gasteiger partial charge in [-0.05, 0) is 41.7 Å². The fourth-order valence-electron chi connectivity index (χ4n) is 2.94. The Balaban J connectivity index is 2.17. The lowest BCUT2D eigenvalue weighted by atomic mass is 9.84. The predicted molar refractivity (Wildman–Crippen MR) is 101 cm³/mol. The zero-order chi connectivity index (χ0) is 19.8. The lowest BCUT2D eigenvalue weighted by Gasteiger charge is -2.23. The summed E-state index contributed by atoms with van der Waals surface area (Å²) >= 11 is 0. The molecule has 0 saturated carbocycles. The molecule has 142 valence electrons. The number of aromatic nitrogens is 3. The molecule has 7 nitrogen and oxygen atoms in total. The fourth-order valence-corrected chi connectivity index (χ4v) is 2.94. The molecule has 1 aromatic heterocycles. The van der Waals surface area contributed by atoms with E-state index >= 15 is 0 Å². The summed E-state index contributed by atoms with van der Waals surface area (Å²) in [4.78, 5) is 13.1. The second-order valence-corrected chi connectivity index (χ2v) is 7.42. The monoisotopic (exact) mass is 369 g/mol. The van der Waals surface area contributed by atoms with Crippen LogP contribution >= 0.6 is 0 Å². The van der Waals surface area contributed by atoms with Crippen LogP contribution in [0.1, 0.15) is 42.3 Å². The maximum absolute atomic E-state index is 11.7. The summed E-state index contributed by atoms with van der Waals surface area (Å²) in [6, 6.07) is 8.57. The standard InChI is InChI=1S/C20H23N3O4/c1-20(2,3)14-9-12(7-8-24)10-17(18(14)25)23-21-15-6-5-13(19(26)27-4)11-16(15)22-23/h5-6,9-11,24-25H,7-8H2,1-4H3. The van der Waals surface area contributed by atoms with Gasteiger partial charge in [0.15, 0.2) is 0 Å². The highest BCUT2D eigenvalue weighted by Gasteiger charge is 2.23. The summed E-state index contributed by atoms with van der Waals surface area (Å²) in [5.41, 5.74) is 3.25. The van der Waals surface area contributed by atoms with Gasteiger partial charge in [-0.3, -0.25) is 0 Å². The molecule has 0 fully saturated rings. The third kappa shape index (κ3) is 3.64. The van der Waals surface area contributed by atoms with E-state index in [4.69, 9.17) is 4.74 Å². The molecule has 3 rings (SSSR count). The maximum Gasteiger partial charge on any atom is 0.337 e. The average molecular weight is 369 g/mol. The van der Waals surface area contributed by atoms with Crippen molar-refractivity contribution in [3.05, 3.63) is 47.0 Å². The van der Waals surface area contributed by atoms with Gasteiger partial charge in [0.2, 0.25) is 0 Å². The summed E-state index contributed by atoms with van der Waals surface area (Å²) in [6.07, 6.45) is 0.462. The van der Waals surface area contributed by atoms with E-state index in [1.807, 2.05) is 26.8 Å². The Morgan fingerprint density at radius 3 is 2.48 bits per heavy atom. The minimum Gasteiger partial charge on any atom is -0.505 e. The second kappa shape index (κ2) is 7.00. The van der Waals surface area contributed by atoms with Gasteiger partial charge in [-0.1, -0.05) is 26.8 Å². The van der Waals surface area contributed by atoms with Crippen LogP contribution in [0.4, 0.5) is 0 Å². The highest BCUT2D eigenvalue weighted by Crippen LogP contribution is 2.36. The van der Waals surface area contributed by atoms with E-state index in [-0.39, 0.29) is 17.8 Å². The van der Waals surface area contributed by atoms with Crippen LogP contribution < -0.4 is 0 Å². The number of phenolic OH excluding ortho intramolecular Hbond substituents is 1. The Morgan fingerprint density at radius 1 is 1.15 bits per heavy atom. The van der Waals surface area contributed by atoms with Crippen molar-refractivity contribution in [1.29, 1.82) is 0 Å². The first-order chi connectivity index (χ1) is 12.7. The number of rotatable bonds is 4. The number of aromatic hydroxyl groups is 1. The third-order valence-corrected chi connectivity index (χ3v) is 4.37. The molecule has 0 radical (unpaired) electrons. The number of fused-ring (bicyclic) bond motifs is 1. The predicted octanol–water partition coefficient (Wildman–Crippen LogP) is 2.75. The van der Waals surface area contributed by atoms with Crippen LogP contribution in [-0.4, -0.2) is 44.9 Å². The van der Waals surface area contributed by atoms with Crippen molar-refractivity contribution < 1.29 is 19.7 Å². The molecule has 0 atom stereocenters. The number of ether oxygens (including phenoxy) is 1. The average Bonchev–Trinajstić information content (AvgIpc) is 3.04. The molecule has 27 heavy (non-hydrogen) atoms. The molecular formula is C20H23N3O4. The van der Waals surface area contributed by atoms with Crippen LogP contribution in [0, 0.1) is 0 Å². The van der Waals surface area contributed by atoms with Gasteiger partial charge in [0.05, 0.1) is 12.7 Å². The van der Waals surface area contributed by atoms with Crippen molar-refractivity contribution in [1.82, 2.24) is 15.0 Å². The number of nitrogens with zero attached hydrogens (tertiary/aromatic N) is 3. The van der Waals surface area contributed by atoms with Crippen molar-refractivity contribution in [3.63, 3.8) is 0 Å². The second-order valence-electron chi connectivity index (χ2n) is 7.42. The van der Waals surface area contributed by atoms with Crippen molar-refractivity contribution >= 4 is 17.0 Å². The molecule has 7 heteroatoms. The van der Waals surface area contributed by atoms with Crippen molar-refractivity contribution in [2.45, 2.75) is 32.6 Å². The van der Waals surface area contributed by atoms with Gasteiger partial charge >= 0.3 is 5.97 Å². The summed E-state index contributed by atoms with van der Waals surface area (Å²) in [6.45, 7) is 6.02. The highest BCUT2D eigenvalue weighted by molar-refractivity contribution is 5.93. The lowest BCUT2D eigenvalue weighted by molar-refractivity contribution is 0.0601. The molecular weight excluding hydrogens is 346 g/mol. The molecule has 0 amide bonds. The van der Waals surface area contributed by atoms with Gasteiger partial charge in [0.1, 0.15) is 22.5 Å². The summed E-state index contributed by atoms with van der Waals surface area (Å²) in [5, 5.41) is 29.0. The van der Waals surface area contributed by atoms with Crippen molar-refractivity contribution in [2.24, 2.45) is 0 Å².